The first kappa shape index (κ1) is 81.0. The molecule has 2 rings (SSSR count). The van der Waals surface area contributed by atoms with Crippen LogP contribution in [-0.2, 0) is 23.7 Å². The largest absolute Gasteiger partial charge is 0.382 e. The molecule has 0 bridgehead atoms. The average Bonchev–Trinajstić information content (AvgIpc) is 3.23. The first-order chi connectivity index (χ1) is 30.2. The van der Waals surface area contributed by atoms with E-state index in [0.717, 1.165) is 97.2 Å². The lowest BCUT2D eigenvalue weighted by atomic mass is 9.84. The van der Waals surface area contributed by atoms with Crippen LogP contribution in [-0.4, -0.2) is 114 Å². The van der Waals surface area contributed by atoms with Crippen molar-refractivity contribution in [2.45, 2.75) is 204 Å². The molecule has 1 aromatic rings. The van der Waals surface area contributed by atoms with Crippen LogP contribution >= 0.6 is 33.3 Å². The van der Waals surface area contributed by atoms with E-state index in [1.165, 1.54) is 59.8 Å². The van der Waals surface area contributed by atoms with E-state index in [0.29, 0.717) is 11.5 Å². The lowest BCUT2D eigenvalue weighted by Gasteiger charge is -2.22. The molecule has 0 N–H and O–H groups in total. The molecule has 64 heavy (non-hydrogen) atoms. The van der Waals surface area contributed by atoms with Gasteiger partial charge in [0.2, 0.25) is 0 Å². The molecule has 6 nitrogen and oxygen atoms in total. The summed E-state index contributed by atoms with van der Waals surface area (Å²) < 4.78 is 25.0. The van der Waals surface area contributed by atoms with Gasteiger partial charge in [-0.15, -0.1) is 0 Å². The predicted molar refractivity (Wildman–Crippen MR) is 305 cm³/mol. The SMILES string of the molecule is CC(C)(C)C.CC1CCCC(C)C1.CCCOCCC.CCN(C)CC.CCOC(C)C.CCOCC.CCOCCOCC.CCSCC.CCSSCC.Cc1cccc(C)c1. The van der Waals surface area contributed by atoms with E-state index in [4.69, 9.17) is 23.7 Å². The second-order valence-electron chi connectivity index (χ2n) is 16.9. The van der Waals surface area contributed by atoms with Crippen LogP contribution in [0.2, 0.25) is 0 Å². The lowest BCUT2D eigenvalue weighted by molar-refractivity contribution is 0.0584. The second-order valence-corrected chi connectivity index (χ2v) is 21.5. The summed E-state index contributed by atoms with van der Waals surface area (Å²) in [4.78, 5) is 2.25. The van der Waals surface area contributed by atoms with Crippen molar-refractivity contribution >= 4 is 33.3 Å². The van der Waals surface area contributed by atoms with Gasteiger partial charge in [-0.3, -0.25) is 0 Å². The zero-order chi connectivity index (χ0) is 51.3. The predicted octanol–water partition coefficient (Wildman–Crippen LogP) is 17.7. The van der Waals surface area contributed by atoms with E-state index in [-0.39, 0.29) is 0 Å². The number of ether oxygens (including phenoxy) is 5. The average molecular weight is 973 g/mol. The van der Waals surface area contributed by atoms with Gasteiger partial charge in [-0.05, 0) is 130 Å². The minimum atomic E-state index is 0.398. The summed E-state index contributed by atoms with van der Waals surface area (Å²) in [5.74, 6) is 7.02. The van der Waals surface area contributed by atoms with Crippen molar-refractivity contribution in [1.82, 2.24) is 4.90 Å². The first-order valence-electron chi connectivity index (χ1n) is 25.7. The lowest BCUT2D eigenvalue weighted by Crippen LogP contribution is -2.15. The van der Waals surface area contributed by atoms with E-state index >= 15 is 0 Å². The van der Waals surface area contributed by atoms with Crippen molar-refractivity contribution in [1.29, 1.82) is 0 Å². The fraction of sp³-hybridized carbons (Fsp3) is 0.891. The van der Waals surface area contributed by atoms with Crippen LogP contribution in [0.5, 0.6) is 0 Å². The Balaban J connectivity index is -0.0000000913. The number of thioether (sulfide) groups is 1. The molecule has 394 valence electrons. The summed E-state index contributed by atoms with van der Waals surface area (Å²) in [7, 11) is 5.96. The smallest absolute Gasteiger partial charge is 0.0700 e. The highest BCUT2D eigenvalue weighted by Gasteiger charge is 2.13. The summed E-state index contributed by atoms with van der Waals surface area (Å²) >= 11 is 1.96. The van der Waals surface area contributed by atoms with Gasteiger partial charge < -0.3 is 28.6 Å². The Labute approximate surface area is 418 Å². The number of aryl methyl sites for hydroxylation is 2. The van der Waals surface area contributed by atoms with Gasteiger partial charge in [-0.1, -0.05) is 173 Å². The molecule has 0 amide bonds. The minimum Gasteiger partial charge on any atom is -0.382 e. The molecule has 1 aliphatic rings. The molecular weight excluding hydrogens is 851 g/mol. The summed E-state index contributed by atoms with van der Waals surface area (Å²) in [6.07, 6.45) is 8.58. The third-order valence-electron chi connectivity index (χ3n) is 7.56. The number of benzene rings is 1. The van der Waals surface area contributed by atoms with E-state index in [9.17, 15) is 0 Å². The highest BCUT2D eigenvalue weighted by molar-refractivity contribution is 8.76. The molecule has 1 aromatic carbocycles. The van der Waals surface area contributed by atoms with Gasteiger partial charge in [0.1, 0.15) is 0 Å². The van der Waals surface area contributed by atoms with Gasteiger partial charge >= 0.3 is 0 Å². The molecule has 0 aromatic heterocycles. The molecule has 2 atom stereocenters. The molecule has 1 saturated carbocycles. The zero-order valence-corrected chi connectivity index (χ0v) is 50.6. The van der Waals surface area contributed by atoms with Crippen molar-refractivity contribution in [3.8, 4) is 0 Å². The number of rotatable bonds is 20. The van der Waals surface area contributed by atoms with Gasteiger partial charge in [-0.25, -0.2) is 0 Å². The number of hydrogen-bond donors (Lipinski definition) is 0. The quantitative estimate of drug-likeness (QED) is 0.0939. The van der Waals surface area contributed by atoms with Crippen molar-refractivity contribution in [2.24, 2.45) is 17.3 Å². The summed E-state index contributed by atoms with van der Waals surface area (Å²) in [5, 5.41) is 0. The summed E-state index contributed by atoms with van der Waals surface area (Å²) in [6.45, 7) is 58.7. The minimum absolute atomic E-state index is 0.398. The van der Waals surface area contributed by atoms with Crippen LogP contribution in [0.15, 0.2) is 24.3 Å². The van der Waals surface area contributed by atoms with E-state index in [1.54, 1.807) is 0 Å². The van der Waals surface area contributed by atoms with Crippen molar-refractivity contribution in [3.63, 3.8) is 0 Å². The normalized spacial score (nSPS) is 13.3. The van der Waals surface area contributed by atoms with E-state index in [1.807, 2.05) is 81.8 Å². The Morgan fingerprint density at radius 1 is 0.578 bits per heavy atom. The molecule has 0 saturated heterocycles. The van der Waals surface area contributed by atoms with Gasteiger partial charge in [0.25, 0.3) is 0 Å². The van der Waals surface area contributed by atoms with Crippen LogP contribution in [0, 0.1) is 31.1 Å². The standard InChI is InChI=1S/C8H16.C8H10.C6H14O2.C6H14O.C5H13N.C5H12O.C5H12.C4H10O.C4H10S2.C4H10S/c2*1-7-4-3-5-8(2)6-7;1-3-7-5-6-8-4-2;1-3-5-7-6-4-2;1-4-6(3)5-2;1-4-6-5(2)3;1-5(2,3)4;1-3-5-4-2;1-3-5-6-4-2;1-3-5-4-2/h7-8H,3-6H2,1-2H3;3-6H,1-2H3;3-6H2,1-2H3;3-6H2,1-2H3;4-5H2,1-3H3;5H,4H2,1-3H3;1-4H3;3-4H2,1-2H3;3-4H2,1-2H3;3-4H2,1-2H3. The zero-order valence-electron chi connectivity index (χ0n) is 48.1. The number of nitrogens with zero attached hydrogens (tertiary/aromatic N) is 1. The maximum Gasteiger partial charge on any atom is 0.0700 e. The van der Waals surface area contributed by atoms with Gasteiger partial charge in [0.15, 0.2) is 0 Å². The van der Waals surface area contributed by atoms with Crippen LogP contribution in [0.4, 0.5) is 0 Å². The third kappa shape index (κ3) is 125. The molecule has 0 heterocycles. The Hall–Kier alpha value is 0.0300. The monoisotopic (exact) mass is 972 g/mol. The highest BCUT2D eigenvalue weighted by atomic mass is 33.1. The summed E-state index contributed by atoms with van der Waals surface area (Å²) in [6, 6.07) is 8.45. The molecular formula is C55H121NO5S3. The fourth-order valence-corrected chi connectivity index (χ4v) is 6.22. The molecule has 0 spiro atoms. The van der Waals surface area contributed by atoms with Gasteiger partial charge in [0, 0.05) is 57.8 Å². The Morgan fingerprint density at radius 2 is 0.953 bits per heavy atom. The maximum atomic E-state index is 5.13. The molecule has 0 radical (unpaired) electrons. The molecule has 0 aliphatic heterocycles. The van der Waals surface area contributed by atoms with Crippen LogP contribution in [0.25, 0.3) is 0 Å². The van der Waals surface area contributed by atoms with Crippen LogP contribution in [0.1, 0.15) is 195 Å². The Bertz CT molecular complexity index is 802. The molecule has 1 aliphatic carbocycles. The second kappa shape index (κ2) is 74.6. The molecule has 1 fully saturated rings. The summed E-state index contributed by atoms with van der Waals surface area (Å²) in [5.41, 5.74) is 3.18. The van der Waals surface area contributed by atoms with Crippen molar-refractivity contribution in [2.75, 3.05) is 103 Å². The fourth-order valence-electron chi connectivity index (χ4n) is 4.47. The van der Waals surface area contributed by atoms with Gasteiger partial charge in [-0.2, -0.15) is 11.8 Å². The Morgan fingerprint density at radius 3 is 1.09 bits per heavy atom. The van der Waals surface area contributed by atoms with Gasteiger partial charge in [0.05, 0.1) is 19.3 Å². The van der Waals surface area contributed by atoms with Crippen LogP contribution < -0.4 is 0 Å². The topological polar surface area (TPSA) is 49.4 Å². The molecule has 2 unspecified atom stereocenters. The highest BCUT2D eigenvalue weighted by Crippen LogP contribution is 2.27. The third-order valence-corrected chi connectivity index (χ3v) is 10.9. The van der Waals surface area contributed by atoms with Crippen molar-refractivity contribution < 1.29 is 23.7 Å². The molecule has 9 heteroatoms. The first-order valence-corrected chi connectivity index (χ1v) is 29.3. The van der Waals surface area contributed by atoms with Crippen LogP contribution in [0.3, 0.4) is 0 Å². The maximum absolute atomic E-state index is 5.13. The number of hydrogen-bond acceptors (Lipinski definition) is 9. The Kier molecular flexibility index (Phi) is 94.4. The van der Waals surface area contributed by atoms with E-state index in [2.05, 4.69) is 147 Å². The van der Waals surface area contributed by atoms with E-state index < -0.39 is 0 Å². The van der Waals surface area contributed by atoms with Crippen molar-refractivity contribution in [3.05, 3.63) is 35.4 Å².